The van der Waals surface area contributed by atoms with Crippen molar-refractivity contribution in [3.63, 3.8) is 0 Å². The molecule has 1 fully saturated rings. The maximum Gasteiger partial charge on any atom is 0.227 e. The molecule has 2 rings (SSSR count). The fourth-order valence-electron chi connectivity index (χ4n) is 3.14. The van der Waals surface area contributed by atoms with E-state index < -0.39 is 0 Å². The standard InChI is InChI=1S/C17H26N2O2/c18-13-17(8-3-1-2-4-9-17)16(21)19-11-14-6-5-7-15(10-14)12-20/h5-7,10,20H,1-4,8-9,11-13,18H2,(H,19,21). The first-order valence-electron chi connectivity index (χ1n) is 7.87. The molecule has 0 bridgehead atoms. The molecule has 0 heterocycles. The summed E-state index contributed by atoms with van der Waals surface area (Å²) >= 11 is 0. The van der Waals surface area contributed by atoms with Crippen LogP contribution >= 0.6 is 0 Å². The van der Waals surface area contributed by atoms with Crippen molar-refractivity contribution in [2.45, 2.75) is 51.7 Å². The number of carbonyl (C=O) groups excluding carboxylic acids is 1. The minimum Gasteiger partial charge on any atom is -0.392 e. The van der Waals surface area contributed by atoms with Crippen LogP contribution in [0.4, 0.5) is 0 Å². The van der Waals surface area contributed by atoms with E-state index in [0.717, 1.165) is 36.8 Å². The number of benzene rings is 1. The molecule has 0 aliphatic heterocycles. The minimum atomic E-state index is -0.384. The molecule has 116 valence electrons. The number of nitrogens with one attached hydrogen (secondary N) is 1. The average Bonchev–Trinajstić information content (AvgIpc) is 2.79. The van der Waals surface area contributed by atoms with Gasteiger partial charge in [-0.3, -0.25) is 4.79 Å². The molecule has 4 heteroatoms. The molecule has 1 aliphatic carbocycles. The van der Waals surface area contributed by atoms with E-state index in [9.17, 15) is 4.79 Å². The predicted octanol–water partition coefficient (Wildman–Crippen LogP) is 2.09. The highest BCUT2D eigenvalue weighted by Gasteiger charge is 2.36. The van der Waals surface area contributed by atoms with Crippen molar-refractivity contribution in [3.8, 4) is 0 Å². The van der Waals surface area contributed by atoms with Crippen molar-refractivity contribution in [2.75, 3.05) is 6.54 Å². The SMILES string of the molecule is NCC1(C(=O)NCc2cccc(CO)c2)CCCCCC1. The van der Waals surface area contributed by atoms with Gasteiger partial charge in [-0.1, -0.05) is 49.9 Å². The first-order valence-corrected chi connectivity index (χ1v) is 7.87. The summed E-state index contributed by atoms with van der Waals surface area (Å²) in [7, 11) is 0. The molecular formula is C17H26N2O2. The molecule has 1 aromatic carbocycles. The second kappa shape index (κ2) is 7.57. The molecule has 0 spiro atoms. The monoisotopic (exact) mass is 290 g/mol. The molecule has 0 atom stereocenters. The molecule has 0 saturated heterocycles. The van der Waals surface area contributed by atoms with Crippen LogP contribution in [0.15, 0.2) is 24.3 Å². The Balaban J connectivity index is 1.98. The molecule has 1 amide bonds. The number of carbonyl (C=O) groups is 1. The molecule has 4 N–H and O–H groups in total. The molecule has 1 aliphatic rings. The van der Waals surface area contributed by atoms with Crippen LogP contribution in [0.25, 0.3) is 0 Å². The third kappa shape index (κ3) is 4.05. The fraction of sp³-hybridized carbons (Fsp3) is 0.588. The molecule has 0 radical (unpaired) electrons. The largest absolute Gasteiger partial charge is 0.392 e. The van der Waals surface area contributed by atoms with Crippen LogP contribution in [0.3, 0.4) is 0 Å². The number of rotatable bonds is 5. The van der Waals surface area contributed by atoms with Crippen molar-refractivity contribution in [1.82, 2.24) is 5.32 Å². The van der Waals surface area contributed by atoms with Crippen LogP contribution in [-0.4, -0.2) is 17.6 Å². The van der Waals surface area contributed by atoms with E-state index in [1.165, 1.54) is 12.8 Å². The van der Waals surface area contributed by atoms with Crippen LogP contribution in [0, 0.1) is 5.41 Å². The Labute approximate surface area is 126 Å². The number of amides is 1. The number of hydrogen-bond donors (Lipinski definition) is 3. The van der Waals surface area contributed by atoms with Gasteiger partial charge >= 0.3 is 0 Å². The first-order chi connectivity index (χ1) is 10.2. The number of hydrogen-bond acceptors (Lipinski definition) is 3. The zero-order valence-corrected chi connectivity index (χ0v) is 12.6. The highest BCUT2D eigenvalue weighted by molar-refractivity contribution is 5.82. The van der Waals surface area contributed by atoms with Crippen molar-refractivity contribution in [1.29, 1.82) is 0 Å². The van der Waals surface area contributed by atoms with E-state index in [-0.39, 0.29) is 17.9 Å². The maximum absolute atomic E-state index is 12.6. The lowest BCUT2D eigenvalue weighted by Crippen LogP contribution is -2.45. The summed E-state index contributed by atoms with van der Waals surface area (Å²) in [6, 6.07) is 7.65. The molecule has 0 unspecified atom stereocenters. The molecular weight excluding hydrogens is 264 g/mol. The number of aliphatic hydroxyl groups is 1. The highest BCUT2D eigenvalue weighted by Crippen LogP contribution is 2.34. The Kier molecular flexibility index (Phi) is 5.76. The van der Waals surface area contributed by atoms with Gasteiger partial charge in [0, 0.05) is 13.1 Å². The smallest absolute Gasteiger partial charge is 0.227 e. The van der Waals surface area contributed by atoms with E-state index in [1.54, 1.807) is 0 Å². The van der Waals surface area contributed by atoms with E-state index >= 15 is 0 Å². The van der Waals surface area contributed by atoms with E-state index in [0.29, 0.717) is 13.1 Å². The average molecular weight is 290 g/mol. The summed E-state index contributed by atoms with van der Waals surface area (Å²) in [5.41, 5.74) is 7.42. The third-order valence-corrected chi connectivity index (χ3v) is 4.56. The Morgan fingerprint density at radius 2 is 1.86 bits per heavy atom. The first kappa shape index (κ1) is 16.0. The summed E-state index contributed by atoms with van der Waals surface area (Å²) in [6.07, 6.45) is 6.37. The van der Waals surface area contributed by atoms with Crippen molar-refractivity contribution >= 4 is 5.91 Å². The second-order valence-corrected chi connectivity index (χ2v) is 6.06. The van der Waals surface area contributed by atoms with Gasteiger partial charge in [0.1, 0.15) is 0 Å². The Morgan fingerprint density at radius 3 is 2.48 bits per heavy atom. The van der Waals surface area contributed by atoms with Gasteiger partial charge in [0.2, 0.25) is 5.91 Å². The van der Waals surface area contributed by atoms with E-state index in [1.807, 2.05) is 24.3 Å². The number of aliphatic hydroxyl groups excluding tert-OH is 1. The fourth-order valence-corrected chi connectivity index (χ4v) is 3.14. The van der Waals surface area contributed by atoms with Gasteiger partial charge in [-0.2, -0.15) is 0 Å². The lowest BCUT2D eigenvalue weighted by Gasteiger charge is -2.29. The van der Waals surface area contributed by atoms with Crippen molar-refractivity contribution in [3.05, 3.63) is 35.4 Å². The van der Waals surface area contributed by atoms with Gasteiger partial charge < -0.3 is 16.2 Å². The zero-order chi connectivity index (χ0) is 15.1. The topological polar surface area (TPSA) is 75.4 Å². The molecule has 1 aromatic rings. The van der Waals surface area contributed by atoms with Crippen molar-refractivity contribution in [2.24, 2.45) is 11.1 Å². The van der Waals surface area contributed by atoms with Gasteiger partial charge in [0.25, 0.3) is 0 Å². The Bertz CT molecular complexity index is 466. The van der Waals surface area contributed by atoms with Crippen molar-refractivity contribution < 1.29 is 9.90 Å². The quantitative estimate of drug-likeness (QED) is 0.727. The van der Waals surface area contributed by atoms with Crippen LogP contribution in [-0.2, 0) is 17.9 Å². The van der Waals surface area contributed by atoms with Crippen LogP contribution in [0.5, 0.6) is 0 Å². The second-order valence-electron chi connectivity index (χ2n) is 6.06. The van der Waals surface area contributed by atoms with Gasteiger partial charge in [0.15, 0.2) is 0 Å². The van der Waals surface area contributed by atoms with Crippen LogP contribution in [0.2, 0.25) is 0 Å². The third-order valence-electron chi connectivity index (χ3n) is 4.56. The van der Waals surface area contributed by atoms with Gasteiger partial charge in [-0.25, -0.2) is 0 Å². The van der Waals surface area contributed by atoms with Crippen LogP contribution < -0.4 is 11.1 Å². The molecule has 0 aromatic heterocycles. The number of nitrogens with two attached hydrogens (primary N) is 1. The molecule has 1 saturated carbocycles. The Hall–Kier alpha value is -1.39. The maximum atomic E-state index is 12.6. The summed E-state index contributed by atoms with van der Waals surface area (Å²) < 4.78 is 0. The summed E-state index contributed by atoms with van der Waals surface area (Å²) in [5.74, 6) is 0.0845. The Morgan fingerprint density at radius 1 is 1.19 bits per heavy atom. The summed E-state index contributed by atoms with van der Waals surface area (Å²) in [5, 5.41) is 12.2. The normalized spacial score (nSPS) is 18.0. The lowest BCUT2D eigenvalue weighted by molar-refractivity contribution is -0.131. The summed E-state index contributed by atoms with van der Waals surface area (Å²) in [6.45, 7) is 0.943. The zero-order valence-electron chi connectivity index (χ0n) is 12.6. The minimum absolute atomic E-state index is 0.0223. The van der Waals surface area contributed by atoms with E-state index in [2.05, 4.69) is 5.32 Å². The van der Waals surface area contributed by atoms with Gasteiger partial charge in [-0.15, -0.1) is 0 Å². The molecule has 4 nitrogen and oxygen atoms in total. The lowest BCUT2D eigenvalue weighted by atomic mass is 9.79. The highest BCUT2D eigenvalue weighted by atomic mass is 16.3. The van der Waals surface area contributed by atoms with E-state index in [4.69, 9.17) is 10.8 Å². The summed E-state index contributed by atoms with van der Waals surface area (Å²) in [4.78, 5) is 12.6. The molecule has 21 heavy (non-hydrogen) atoms. The van der Waals surface area contributed by atoms with Gasteiger partial charge in [-0.05, 0) is 24.0 Å². The van der Waals surface area contributed by atoms with Gasteiger partial charge in [0.05, 0.1) is 12.0 Å². The van der Waals surface area contributed by atoms with Crippen LogP contribution in [0.1, 0.15) is 49.7 Å². The predicted molar refractivity (Wildman–Crippen MR) is 83.4 cm³/mol.